The SMILES string of the molecule is Clc1ccccc1-c1nc2c([nH]1)CC(N1Cc3cccc(Cl)c3C1)CC2. The summed E-state index contributed by atoms with van der Waals surface area (Å²) in [6.45, 7) is 1.93. The molecule has 132 valence electrons. The molecular formula is C21H19Cl2N3. The molecule has 3 nitrogen and oxygen atoms in total. The van der Waals surface area contributed by atoms with E-state index in [1.54, 1.807) is 0 Å². The van der Waals surface area contributed by atoms with Crippen LogP contribution in [0.5, 0.6) is 0 Å². The fraction of sp³-hybridized carbons (Fsp3) is 0.286. The van der Waals surface area contributed by atoms with Crippen molar-refractivity contribution < 1.29 is 0 Å². The third-order valence-corrected chi connectivity index (χ3v) is 6.30. The zero-order chi connectivity index (χ0) is 17.7. The van der Waals surface area contributed by atoms with E-state index < -0.39 is 0 Å². The van der Waals surface area contributed by atoms with Crippen molar-refractivity contribution in [2.75, 3.05) is 0 Å². The van der Waals surface area contributed by atoms with Crippen molar-refractivity contribution in [3.8, 4) is 11.4 Å². The average Bonchev–Trinajstić information content (AvgIpc) is 3.26. The highest BCUT2D eigenvalue weighted by atomic mass is 35.5. The number of rotatable bonds is 2. The minimum atomic E-state index is 0.519. The molecule has 3 aromatic rings. The summed E-state index contributed by atoms with van der Waals surface area (Å²) in [5.74, 6) is 0.883. The summed E-state index contributed by atoms with van der Waals surface area (Å²) in [5, 5.41) is 1.63. The van der Waals surface area contributed by atoms with Gasteiger partial charge in [-0.25, -0.2) is 4.98 Å². The summed E-state index contributed by atoms with van der Waals surface area (Å²) < 4.78 is 0. The topological polar surface area (TPSA) is 31.9 Å². The Bertz CT molecular complexity index is 979. The Balaban J connectivity index is 1.38. The number of H-pyrrole nitrogens is 1. The molecule has 1 unspecified atom stereocenters. The van der Waals surface area contributed by atoms with Crippen molar-refractivity contribution in [3.63, 3.8) is 0 Å². The quantitative estimate of drug-likeness (QED) is 0.654. The standard InChI is InChI=1S/C21H19Cl2N3/c22-17-6-2-1-5-15(17)21-24-19-9-8-14(10-20(19)25-21)26-11-13-4-3-7-18(23)16(13)12-26/h1-7,14H,8-12H2,(H,24,25). The van der Waals surface area contributed by atoms with Crippen LogP contribution in [0.1, 0.15) is 28.9 Å². The second-order valence-corrected chi connectivity index (χ2v) is 7.98. The van der Waals surface area contributed by atoms with Gasteiger partial charge in [-0.1, -0.05) is 47.5 Å². The molecule has 0 fully saturated rings. The highest BCUT2D eigenvalue weighted by Crippen LogP contribution is 2.35. The second-order valence-electron chi connectivity index (χ2n) is 7.17. The van der Waals surface area contributed by atoms with Crippen molar-refractivity contribution in [2.24, 2.45) is 0 Å². The fourth-order valence-electron chi connectivity index (χ4n) is 4.22. The van der Waals surface area contributed by atoms with Gasteiger partial charge in [-0.15, -0.1) is 0 Å². The zero-order valence-electron chi connectivity index (χ0n) is 14.3. The number of aryl methyl sites for hydroxylation is 1. The van der Waals surface area contributed by atoms with Crippen molar-refractivity contribution in [1.29, 1.82) is 0 Å². The highest BCUT2D eigenvalue weighted by molar-refractivity contribution is 6.33. The molecule has 0 amide bonds. The molecule has 0 bridgehead atoms. The molecule has 1 aliphatic heterocycles. The van der Waals surface area contributed by atoms with Crippen LogP contribution in [0, 0.1) is 0 Å². The molecule has 0 radical (unpaired) electrons. The van der Waals surface area contributed by atoms with Crippen molar-refractivity contribution in [2.45, 2.75) is 38.4 Å². The van der Waals surface area contributed by atoms with Gasteiger partial charge in [-0.2, -0.15) is 0 Å². The normalized spacial score (nSPS) is 19.4. The van der Waals surface area contributed by atoms with Crippen LogP contribution in [0.25, 0.3) is 11.4 Å². The van der Waals surface area contributed by atoms with Crippen LogP contribution in [0.4, 0.5) is 0 Å². The number of fused-ring (bicyclic) bond motifs is 2. The Hall–Kier alpha value is -1.81. The van der Waals surface area contributed by atoms with Gasteiger partial charge in [0.1, 0.15) is 5.82 Å². The molecule has 5 rings (SSSR count). The maximum absolute atomic E-state index is 6.39. The molecule has 2 heterocycles. The number of hydrogen-bond donors (Lipinski definition) is 1. The summed E-state index contributed by atoms with van der Waals surface area (Å²) in [4.78, 5) is 10.9. The number of aromatic amines is 1. The summed E-state index contributed by atoms with van der Waals surface area (Å²) in [5.41, 5.74) is 6.07. The molecule has 2 aromatic carbocycles. The number of imidazole rings is 1. The molecule has 0 saturated carbocycles. The van der Waals surface area contributed by atoms with Crippen LogP contribution in [0.2, 0.25) is 10.0 Å². The maximum Gasteiger partial charge on any atom is 0.139 e. The molecule has 5 heteroatoms. The molecule has 1 aliphatic carbocycles. The van der Waals surface area contributed by atoms with Gasteiger partial charge in [-0.3, -0.25) is 4.90 Å². The summed E-state index contributed by atoms with van der Waals surface area (Å²) in [6.07, 6.45) is 3.13. The van der Waals surface area contributed by atoms with E-state index in [2.05, 4.69) is 22.0 Å². The third-order valence-electron chi connectivity index (χ3n) is 5.61. The first-order valence-corrected chi connectivity index (χ1v) is 9.77. The van der Waals surface area contributed by atoms with Crippen LogP contribution >= 0.6 is 23.2 Å². The number of aromatic nitrogens is 2. The predicted molar refractivity (Wildman–Crippen MR) is 106 cm³/mol. The Morgan fingerprint density at radius 3 is 2.69 bits per heavy atom. The van der Waals surface area contributed by atoms with Crippen molar-refractivity contribution in [1.82, 2.24) is 14.9 Å². The Kier molecular flexibility index (Phi) is 4.04. The first kappa shape index (κ1) is 16.4. The Morgan fingerprint density at radius 1 is 1.00 bits per heavy atom. The lowest BCUT2D eigenvalue weighted by Crippen LogP contribution is -2.35. The average molecular weight is 384 g/mol. The molecule has 26 heavy (non-hydrogen) atoms. The number of halogens is 2. The number of nitrogens with zero attached hydrogens (tertiary/aromatic N) is 2. The lowest BCUT2D eigenvalue weighted by molar-refractivity contribution is 0.180. The minimum absolute atomic E-state index is 0.519. The van der Waals surface area contributed by atoms with Gasteiger partial charge in [0.2, 0.25) is 0 Å². The van der Waals surface area contributed by atoms with E-state index in [1.807, 2.05) is 30.3 Å². The van der Waals surface area contributed by atoms with Gasteiger partial charge >= 0.3 is 0 Å². The lowest BCUT2D eigenvalue weighted by atomic mass is 9.95. The zero-order valence-corrected chi connectivity index (χ0v) is 15.8. The highest BCUT2D eigenvalue weighted by Gasteiger charge is 2.31. The predicted octanol–water partition coefficient (Wildman–Crippen LogP) is 5.26. The Morgan fingerprint density at radius 2 is 1.85 bits per heavy atom. The van der Waals surface area contributed by atoms with E-state index in [9.17, 15) is 0 Å². The molecule has 1 aromatic heterocycles. The van der Waals surface area contributed by atoms with Crippen LogP contribution in [-0.4, -0.2) is 20.9 Å². The van der Waals surface area contributed by atoms with Gasteiger partial charge in [0.15, 0.2) is 0 Å². The molecular weight excluding hydrogens is 365 g/mol. The Labute approximate surface area is 163 Å². The molecule has 2 aliphatic rings. The van der Waals surface area contributed by atoms with Gasteiger partial charge < -0.3 is 4.98 Å². The molecule has 0 saturated heterocycles. The van der Waals surface area contributed by atoms with Crippen LogP contribution in [0.3, 0.4) is 0 Å². The van der Waals surface area contributed by atoms with Crippen LogP contribution < -0.4 is 0 Å². The fourth-order valence-corrected chi connectivity index (χ4v) is 4.70. The molecule has 0 spiro atoms. The summed E-state index contributed by atoms with van der Waals surface area (Å²) in [7, 11) is 0. The molecule has 1 N–H and O–H groups in total. The van der Waals surface area contributed by atoms with E-state index in [0.717, 1.165) is 53.8 Å². The van der Waals surface area contributed by atoms with E-state index in [4.69, 9.17) is 28.2 Å². The van der Waals surface area contributed by atoms with E-state index in [-0.39, 0.29) is 0 Å². The lowest BCUT2D eigenvalue weighted by Gasteiger charge is -2.30. The van der Waals surface area contributed by atoms with Crippen LogP contribution in [0.15, 0.2) is 42.5 Å². The minimum Gasteiger partial charge on any atom is -0.342 e. The summed E-state index contributed by atoms with van der Waals surface area (Å²) >= 11 is 12.7. The van der Waals surface area contributed by atoms with Gasteiger partial charge in [-0.05, 0) is 42.2 Å². The largest absolute Gasteiger partial charge is 0.342 e. The van der Waals surface area contributed by atoms with Crippen LogP contribution in [-0.2, 0) is 25.9 Å². The van der Waals surface area contributed by atoms with Gasteiger partial charge in [0.25, 0.3) is 0 Å². The van der Waals surface area contributed by atoms with Crippen molar-refractivity contribution in [3.05, 3.63) is 75.0 Å². The van der Waals surface area contributed by atoms with Crippen molar-refractivity contribution >= 4 is 23.2 Å². The second kappa shape index (κ2) is 6.41. The first-order valence-electron chi connectivity index (χ1n) is 9.02. The van der Waals surface area contributed by atoms with Gasteiger partial charge in [0.05, 0.1) is 10.7 Å². The summed E-state index contributed by atoms with van der Waals surface area (Å²) in [6, 6.07) is 14.6. The smallest absolute Gasteiger partial charge is 0.139 e. The molecule has 1 atom stereocenters. The van der Waals surface area contributed by atoms with E-state index in [0.29, 0.717) is 6.04 Å². The maximum atomic E-state index is 6.39. The number of nitrogens with one attached hydrogen (secondary N) is 1. The van der Waals surface area contributed by atoms with E-state index >= 15 is 0 Å². The van der Waals surface area contributed by atoms with E-state index in [1.165, 1.54) is 22.5 Å². The number of hydrogen-bond acceptors (Lipinski definition) is 2. The van der Waals surface area contributed by atoms with Gasteiger partial charge in [0, 0.05) is 41.8 Å². The first-order chi connectivity index (χ1) is 12.7. The third kappa shape index (κ3) is 2.75. The monoisotopic (exact) mass is 383 g/mol. The number of benzene rings is 2.